The van der Waals surface area contributed by atoms with Crippen LogP contribution in [0, 0.1) is 17.6 Å². The van der Waals surface area contributed by atoms with Crippen LogP contribution in [0.3, 0.4) is 0 Å². The van der Waals surface area contributed by atoms with Gasteiger partial charge in [-0.05, 0) is 37.1 Å². The normalized spacial score (nSPS) is 17.4. The molecule has 7 nitrogen and oxygen atoms in total. The van der Waals surface area contributed by atoms with Crippen molar-refractivity contribution in [3.63, 3.8) is 0 Å². The minimum absolute atomic E-state index is 0.0434. The van der Waals surface area contributed by atoms with Crippen LogP contribution in [0.4, 0.5) is 14.5 Å². The molecule has 1 amide bonds. The number of halogens is 2. The van der Waals surface area contributed by atoms with E-state index in [2.05, 4.69) is 5.32 Å². The molecule has 2 aromatic carbocycles. The van der Waals surface area contributed by atoms with Crippen molar-refractivity contribution in [2.45, 2.75) is 17.7 Å². The Morgan fingerprint density at radius 3 is 2.53 bits per heavy atom. The van der Waals surface area contributed by atoms with Gasteiger partial charge in [0.25, 0.3) is 0 Å². The summed E-state index contributed by atoms with van der Waals surface area (Å²) in [5, 5.41) is 2.52. The Balaban J connectivity index is 1.79. The highest BCUT2D eigenvalue weighted by atomic mass is 32.2. The summed E-state index contributed by atoms with van der Waals surface area (Å²) in [5.74, 6) is -2.67. The van der Waals surface area contributed by atoms with Crippen LogP contribution in [0.2, 0.25) is 0 Å². The number of methoxy groups -OCH3 is 2. The van der Waals surface area contributed by atoms with Gasteiger partial charge >= 0.3 is 0 Å². The van der Waals surface area contributed by atoms with Crippen molar-refractivity contribution in [1.29, 1.82) is 0 Å². The minimum Gasteiger partial charge on any atom is -0.497 e. The molecule has 0 aliphatic carbocycles. The van der Waals surface area contributed by atoms with Crippen molar-refractivity contribution in [1.82, 2.24) is 4.31 Å². The quantitative estimate of drug-likeness (QED) is 0.747. The number of carbonyl (C=O) groups is 1. The third kappa shape index (κ3) is 4.54. The number of hydrogen-bond acceptors (Lipinski definition) is 5. The molecule has 0 spiro atoms. The molecule has 0 aromatic heterocycles. The summed E-state index contributed by atoms with van der Waals surface area (Å²) in [6, 6.07) is 7.51. The van der Waals surface area contributed by atoms with Crippen LogP contribution in [0.15, 0.2) is 41.3 Å². The molecule has 1 aliphatic heterocycles. The van der Waals surface area contributed by atoms with Gasteiger partial charge in [-0.3, -0.25) is 4.79 Å². The lowest BCUT2D eigenvalue weighted by molar-refractivity contribution is -0.120. The maximum Gasteiger partial charge on any atom is 0.246 e. The molecule has 30 heavy (non-hydrogen) atoms. The van der Waals surface area contributed by atoms with Gasteiger partial charge in [0, 0.05) is 30.9 Å². The smallest absolute Gasteiger partial charge is 0.246 e. The highest BCUT2D eigenvalue weighted by Gasteiger charge is 2.35. The van der Waals surface area contributed by atoms with Gasteiger partial charge in [-0.2, -0.15) is 4.31 Å². The summed E-state index contributed by atoms with van der Waals surface area (Å²) in [7, 11) is -1.15. The zero-order valence-corrected chi connectivity index (χ0v) is 17.3. The number of anilines is 1. The first-order valence-corrected chi connectivity index (χ1v) is 10.7. The lowest BCUT2D eigenvalue weighted by Crippen LogP contribution is -2.43. The van der Waals surface area contributed by atoms with E-state index in [0.29, 0.717) is 18.6 Å². The topological polar surface area (TPSA) is 84.9 Å². The van der Waals surface area contributed by atoms with Gasteiger partial charge in [0.15, 0.2) is 11.6 Å². The van der Waals surface area contributed by atoms with E-state index in [1.54, 1.807) is 6.07 Å². The predicted octanol–water partition coefficient (Wildman–Crippen LogP) is 3.02. The number of ether oxygens (including phenoxy) is 2. The second-order valence-electron chi connectivity index (χ2n) is 6.84. The molecule has 3 rings (SSSR count). The van der Waals surface area contributed by atoms with Crippen LogP contribution >= 0.6 is 0 Å². The van der Waals surface area contributed by atoms with Crippen LogP contribution in [0.1, 0.15) is 12.8 Å². The summed E-state index contributed by atoms with van der Waals surface area (Å²) in [6.45, 7) is 0.204. The molecule has 1 fully saturated rings. The number of rotatable bonds is 6. The van der Waals surface area contributed by atoms with Crippen LogP contribution in [-0.2, 0) is 14.8 Å². The number of carbonyl (C=O) groups excluding carboxylic acids is 1. The van der Waals surface area contributed by atoms with E-state index in [4.69, 9.17) is 9.47 Å². The predicted molar refractivity (Wildman–Crippen MR) is 106 cm³/mol. The molecule has 1 aliphatic rings. The Labute approximate surface area is 173 Å². The fourth-order valence-corrected chi connectivity index (χ4v) is 5.01. The van der Waals surface area contributed by atoms with E-state index in [1.165, 1.54) is 36.7 Å². The monoisotopic (exact) mass is 440 g/mol. The van der Waals surface area contributed by atoms with Gasteiger partial charge < -0.3 is 14.8 Å². The van der Waals surface area contributed by atoms with Crippen molar-refractivity contribution >= 4 is 21.6 Å². The molecule has 0 saturated carbocycles. The number of nitrogens with one attached hydrogen (secondary N) is 1. The van der Waals surface area contributed by atoms with E-state index < -0.39 is 33.5 Å². The van der Waals surface area contributed by atoms with Crippen molar-refractivity contribution in [2.75, 3.05) is 32.6 Å². The molecular weight excluding hydrogens is 418 g/mol. The standard InChI is InChI=1S/C20H22F2N2O5S/c1-28-15-6-8-18(29-2)19(11-15)30(26,27)24-9-3-4-13(12-24)20(25)23-14-5-7-16(21)17(22)10-14/h5-8,10-11,13H,3-4,9,12H2,1-2H3,(H,23,25). The summed E-state index contributed by atoms with van der Waals surface area (Å²) in [6.07, 6.45) is 0.943. The van der Waals surface area contributed by atoms with Gasteiger partial charge in [-0.15, -0.1) is 0 Å². The van der Waals surface area contributed by atoms with E-state index in [-0.39, 0.29) is 29.4 Å². The highest BCUT2D eigenvalue weighted by molar-refractivity contribution is 7.89. The van der Waals surface area contributed by atoms with E-state index >= 15 is 0 Å². The van der Waals surface area contributed by atoms with Gasteiger partial charge in [0.05, 0.1) is 20.1 Å². The molecule has 162 valence electrons. The average molecular weight is 440 g/mol. The molecule has 1 unspecified atom stereocenters. The molecular formula is C20H22F2N2O5S. The molecule has 0 bridgehead atoms. The van der Waals surface area contributed by atoms with Gasteiger partial charge in [-0.25, -0.2) is 17.2 Å². The molecule has 1 saturated heterocycles. The van der Waals surface area contributed by atoms with Gasteiger partial charge in [0.1, 0.15) is 16.4 Å². The maximum atomic E-state index is 13.4. The molecule has 10 heteroatoms. The largest absolute Gasteiger partial charge is 0.497 e. The number of sulfonamides is 1. The van der Waals surface area contributed by atoms with E-state index in [9.17, 15) is 22.0 Å². The summed E-state index contributed by atoms with van der Waals surface area (Å²) in [4.78, 5) is 12.6. The number of benzene rings is 2. The maximum absolute atomic E-state index is 13.4. The second-order valence-corrected chi connectivity index (χ2v) is 8.74. The first kappa shape index (κ1) is 22.0. The van der Waals surface area contributed by atoms with Gasteiger partial charge in [0.2, 0.25) is 15.9 Å². The second kappa shape index (κ2) is 8.97. The number of piperidine rings is 1. The fourth-order valence-electron chi connectivity index (χ4n) is 3.32. The Morgan fingerprint density at radius 1 is 1.10 bits per heavy atom. The summed E-state index contributed by atoms with van der Waals surface area (Å²) >= 11 is 0. The summed E-state index contributed by atoms with van der Waals surface area (Å²) < 4.78 is 64.4. The highest BCUT2D eigenvalue weighted by Crippen LogP contribution is 2.33. The first-order valence-electron chi connectivity index (χ1n) is 9.24. The lowest BCUT2D eigenvalue weighted by Gasteiger charge is -2.31. The average Bonchev–Trinajstić information content (AvgIpc) is 2.75. The first-order chi connectivity index (χ1) is 14.3. The van der Waals surface area contributed by atoms with E-state index in [0.717, 1.165) is 12.1 Å². The van der Waals surface area contributed by atoms with Crippen LogP contribution in [-0.4, -0.2) is 45.9 Å². The van der Waals surface area contributed by atoms with Gasteiger partial charge in [-0.1, -0.05) is 0 Å². The zero-order chi connectivity index (χ0) is 21.9. The molecule has 1 atom stereocenters. The molecule has 1 heterocycles. The Hall–Kier alpha value is -2.72. The SMILES string of the molecule is COc1ccc(OC)c(S(=O)(=O)N2CCCC(C(=O)Nc3ccc(F)c(F)c3)C2)c1. The Morgan fingerprint density at radius 2 is 1.87 bits per heavy atom. The van der Waals surface area contributed by atoms with Crippen molar-refractivity contribution in [3.05, 3.63) is 48.0 Å². The van der Waals surface area contributed by atoms with Crippen molar-refractivity contribution in [3.8, 4) is 11.5 Å². The third-order valence-electron chi connectivity index (χ3n) is 4.93. The molecule has 2 aromatic rings. The minimum atomic E-state index is -3.95. The number of amides is 1. The Kier molecular flexibility index (Phi) is 6.57. The number of nitrogens with zero attached hydrogens (tertiary/aromatic N) is 1. The molecule has 0 radical (unpaired) electrons. The van der Waals surface area contributed by atoms with Crippen molar-refractivity contribution < 1.29 is 31.5 Å². The Bertz CT molecular complexity index is 1050. The van der Waals surface area contributed by atoms with Crippen LogP contribution in [0.5, 0.6) is 11.5 Å². The lowest BCUT2D eigenvalue weighted by atomic mass is 9.98. The molecule has 1 N–H and O–H groups in total. The zero-order valence-electron chi connectivity index (χ0n) is 16.5. The fraction of sp³-hybridized carbons (Fsp3) is 0.350. The number of hydrogen-bond donors (Lipinski definition) is 1. The third-order valence-corrected chi connectivity index (χ3v) is 6.82. The van der Waals surface area contributed by atoms with Crippen molar-refractivity contribution in [2.24, 2.45) is 5.92 Å². The van der Waals surface area contributed by atoms with E-state index in [1.807, 2.05) is 0 Å². The van der Waals surface area contributed by atoms with Crippen LogP contribution < -0.4 is 14.8 Å². The summed E-state index contributed by atoms with van der Waals surface area (Å²) in [5.41, 5.74) is 0.105. The van der Waals surface area contributed by atoms with Crippen LogP contribution in [0.25, 0.3) is 0 Å².